The lowest BCUT2D eigenvalue weighted by molar-refractivity contribution is 0.309. The molecule has 19 heavy (non-hydrogen) atoms. The highest BCUT2D eigenvalue weighted by molar-refractivity contribution is 9.10. The second-order valence-corrected chi connectivity index (χ2v) is 6.59. The van der Waals surface area contributed by atoms with Crippen molar-refractivity contribution in [2.24, 2.45) is 0 Å². The van der Waals surface area contributed by atoms with Crippen LogP contribution in [0.5, 0.6) is 0 Å². The van der Waals surface area contributed by atoms with E-state index in [1.165, 1.54) is 6.07 Å². The summed E-state index contributed by atoms with van der Waals surface area (Å²) in [5, 5.41) is 0. The van der Waals surface area contributed by atoms with Crippen LogP contribution in [0.25, 0.3) is 0 Å². The molecule has 0 spiro atoms. The number of nitrogens with one attached hydrogen (secondary N) is 1. The zero-order chi connectivity index (χ0) is 14.5. The van der Waals surface area contributed by atoms with E-state index in [1.807, 2.05) is 13.8 Å². The van der Waals surface area contributed by atoms with Gasteiger partial charge in [0, 0.05) is 17.6 Å². The SMILES string of the molecule is CCN(CC)CCNS(=O)(=O)c1ccc(F)cc1Br. The van der Waals surface area contributed by atoms with E-state index in [4.69, 9.17) is 0 Å². The maximum absolute atomic E-state index is 12.9. The molecule has 0 aliphatic heterocycles. The number of rotatable bonds is 7. The first kappa shape index (κ1) is 16.6. The Morgan fingerprint density at radius 2 is 1.95 bits per heavy atom. The first-order chi connectivity index (χ1) is 8.90. The Labute approximate surface area is 122 Å². The molecule has 4 nitrogen and oxygen atoms in total. The summed E-state index contributed by atoms with van der Waals surface area (Å²) >= 11 is 3.06. The monoisotopic (exact) mass is 352 g/mol. The fourth-order valence-corrected chi connectivity index (χ4v) is 3.72. The lowest BCUT2D eigenvalue weighted by Gasteiger charge is -2.18. The van der Waals surface area contributed by atoms with Crippen molar-refractivity contribution in [3.05, 3.63) is 28.5 Å². The molecule has 0 radical (unpaired) electrons. The molecular formula is C12H18BrFN2O2S. The van der Waals surface area contributed by atoms with Gasteiger partial charge in [0.05, 0.1) is 4.90 Å². The first-order valence-corrected chi connectivity index (χ1v) is 8.35. The van der Waals surface area contributed by atoms with Gasteiger partial charge in [-0.1, -0.05) is 13.8 Å². The van der Waals surface area contributed by atoms with E-state index in [0.29, 0.717) is 13.1 Å². The Bertz CT molecular complexity index is 518. The number of nitrogens with zero attached hydrogens (tertiary/aromatic N) is 1. The van der Waals surface area contributed by atoms with Gasteiger partial charge in [-0.3, -0.25) is 0 Å². The highest BCUT2D eigenvalue weighted by Gasteiger charge is 2.17. The Morgan fingerprint density at radius 3 is 2.47 bits per heavy atom. The summed E-state index contributed by atoms with van der Waals surface area (Å²) in [6, 6.07) is 3.52. The summed E-state index contributed by atoms with van der Waals surface area (Å²) < 4.78 is 39.8. The molecule has 0 unspecified atom stereocenters. The first-order valence-electron chi connectivity index (χ1n) is 6.07. The molecule has 1 N–H and O–H groups in total. The molecule has 1 rings (SSSR count). The molecule has 0 saturated carbocycles. The van der Waals surface area contributed by atoms with Crippen LogP contribution in [0.3, 0.4) is 0 Å². The molecule has 0 heterocycles. The smallest absolute Gasteiger partial charge is 0.241 e. The summed E-state index contributed by atoms with van der Waals surface area (Å²) in [6.07, 6.45) is 0. The van der Waals surface area contributed by atoms with E-state index < -0.39 is 15.8 Å². The van der Waals surface area contributed by atoms with Gasteiger partial charge in [-0.25, -0.2) is 17.5 Å². The van der Waals surface area contributed by atoms with Crippen molar-refractivity contribution in [2.45, 2.75) is 18.7 Å². The van der Waals surface area contributed by atoms with Crippen LogP contribution >= 0.6 is 15.9 Å². The molecular weight excluding hydrogens is 335 g/mol. The van der Waals surface area contributed by atoms with Crippen molar-refractivity contribution in [1.29, 1.82) is 0 Å². The predicted octanol–water partition coefficient (Wildman–Crippen LogP) is 2.21. The normalized spacial score (nSPS) is 12.1. The van der Waals surface area contributed by atoms with Crippen LogP contribution in [0, 0.1) is 5.82 Å². The summed E-state index contributed by atoms with van der Waals surface area (Å²) in [5.41, 5.74) is 0. The van der Waals surface area contributed by atoms with Gasteiger partial charge in [-0.05, 0) is 47.2 Å². The van der Waals surface area contributed by atoms with Crippen molar-refractivity contribution in [3.63, 3.8) is 0 Å². The van der Waals surface area contributed by atoms with Crippen LogP contribution in [-0.4, -0.2) is 39.5 Å². The molecule has 1 aromatic rings. The zero-order valence-corrected chi connectivity index (χ0v) is 13.4. The molecule has 0 fully saturated rings. The van der Waals surface area contributed by atoms with Gasteiger partial charge in [-0.2, -0.15) is 0 Å². The molecule has 1 aromatic carbocycles. The highest BCUT2D eigenvalue weighted by atomic mass is 79.9. The standard InChI is InChI=1S/C12H18BrFN2O2S/c1-3-16(4-2)8-7-15-19(17,18)12-6-5-10(14)9-11(12)13/h5-6,9,15H,3-4,7-8H2,1-2H3. The lowest BCUT2D eigenvalue weighted by atomic mass is 10.3. The number of hydrogen-bond acceptors (Lipinski definition) is 3. The molecule has 108 valence electrons. The van der Waals surface area contributed by atoms with Gasteiger partial charge in [0.25, 0.3) is 0 Å². The van der Waals surface area contributed by atoms with Gasteiger partial charge in [-0.15, -0.1) is 0 Å². The predicted molar refractivity (Wildman–Crippen MR) is 77.1 cm³/mol. The molecule has 0 amide bonds. The Kier molecular flexibility index (Phi) is 6.38. The minimum absolute atomic E-state index is 0.0495. The van der Waals surface area contributed by atoms with Gasteiger partial charge in [0.2, 0.25) is 10.0 Å². The molecule has 0 atom stereocenters. The van der Waals surface area contributed by atoms with Gasteiger partial charge < -0.3 is 4.90 Å². The minimum Gasteiger partial charge on any atom is -0.303 e. The van der Waals surface area contributed by atoms with Crippen LogP contribution in [0.4, 0.5) is 4.39 Å². The third kappa shape index (κ3) is 4.83. The average Bonchev–Trinajstić information content (AvgIpc) is 2.34. The summed E-state index contributed by atoms with van der Waals surface area (Å²) in [7, 11) is -3.61. The van der Waals surface area contributed by atoms with E-state index in [9.17, 15) is 12.8 Å². The van der Waals surface area contributed by atoms with E-state index in [-0.39, 0.29) is 9.37 Å². The summed E-state index contributed by atoms with van der Waals surface area (Å²) in [6.45, 7) is 6.76. The second kappa shape index (κ2) is 7.33. The van der Waals surface area contributed by atoms with E-state index in [0.717, 1.165) is 25.2 Å². The minimum atomic E-state index is -3.61. The average molecular weight is 353 g/mol. The summed E-state index contributed by atoms with van der Waals surface area (Å²) in [5.74, 6) is -0.478. The number of sulfonamides is 1. The molecule has 0 bridgehead atoms. The second-order valence-electron chi connectivity index (χ2n) is 4.00. The number of benzene rings is 1. The van der Waals surface area contributed by atoms with Crippen molar-refractivity contribution >= 4 is 26.0 Å². The van der Waals surface area contributed by atoms with Crippen LogP contribution in [0.1, 0.15) is 13.8 Å². The molecule has 0 aliphatic carbocycles. The third-order valence-electron chi connectivity index (χ3n) is 2.80. The third-order valence-corrected chi connectivity index (χ3v) is 5.24. The van der Waals surface area contributed by atoms with Crippen molar-refractivity contribution in [2.75, 3.05) is 26.2 Å². The highest BCUT2D eigenvalue weighted by Crippen LogP contribution is 2.22. The van der Waals surface area contributed by atoms with Gasteiger partial charge in [0.15, 0.2) is 0 Å². The van der Waals surface area contributed by atoms with Crippen molar-refractivity contribution < 1.29 is 12.8 Å². The largest absolute Gasteiger partial charge is 0.303 e. The lowest BCUT2D eigenvalue weighted by Crippen LogP contribution is -2.34. The molecule has 0 aromatic heterocycles. The topological polar surface area (TPSA) is 49.4 Å². The number of halogens is 2. The summed E-state index contributed by atoms with van der Waals surface area (Å²) in [4.78, 5) is 2.16. The van der Waals surface area contributed by atoms with E-state index >= 15 is 0 Å². The number of hydrogen-bond donors (Lipinski definition) is 1. The molecule has 7 heteroatoms. The Morgan fingerprint density at radius 1 is 1.32 bits per heavy atom. The molecule has 0 aliphatic rings. The van der Waals surface area contributed by atoms with Crippen molar-refractivity contribution in [3.8, 4) is 0 Å². The quantitative estimate of drug-likeness (QED) is 0.818. The van der Waals surface area contributed by atoms with E-state index in [1.54, 1.807) is 0 Å². The maximum atomic E-state index is 12.9. The van der Waals surface area contributed by atoms with Crippen LogP contribution < -0.4 is 4.72 Å². The van der Waals surface area contributed by atoms with Gasteiger partial charge in [0.1, 0.15) is 5.82 Å². The van der Waals surface area contributed by atoms with Crippen molar-refractivity contribution in [1.82, 2.24) is 9.62 Å². The number of likely N-dealkylation sites (N-methyl/N-ethyl adjacent to an activating group) is 1. The fourth-order valence-electron chi connectivity index (χ4n) is 1.65. The van der Waals surface area contributed by atoms with Crippen LogP contribution in [0.15, 0.2) is 27.6 Å². The Balaban J connectivity index is 2.71. The van der Waals surface area contributed by atoms with Gasteiger partial charge >= 0.3 is 0 Å². The zero-order valence-electron chi connectivity index (χ0n) is 11.0. The van der Waals surface area contributed by atoms with Crippen LogP contribution in [0.2, 0.25) is 0 Å². The van der Waals surface area contributed by atoms with Crippen LogP contribution in [-0.2, 0) is 10.0 Å². The molecule has 0 saturated heterocycles. The fraction of sp³-hybridized carbons (Fsp3) is 0.500. The Hall–Kier alpha value is -0.500. The van der Waals surface area contributed by atoms with E-state index in [2.05, 4.69) is 25.6 Å². The maximum Gasteiger partial charge on any atom is 0.241 e.